The second kappa shape index (κ2) is 15.9. The molecule has 0 amide bonds. The van der Waals surface area contributed by atoms with Crippen molar-refractivity contribution >= 4 is 0 Å². The Balaban J connectivity index is 3.58. The van der Waals surface area contributed by atoms with Crippen LogP contribution in [0.3, 0.4) is 0 Å². The van der Waals surface area contributed by atoms with Gasteiger partial charge in [-0.3, -0.25) is 0 Å². The van der Waals surface area contributed by atoms with Gasteiger partial charge >= 0.3 is 0 Å². The van der Waals surface area contributed by atoms with Crippen LogP contribution in [0, 0.1) is 0 Å². The molecule has 3 heteroatoms. The van der Waals surface area contributed by atoms with E-state index in [2.05, 4.69) is 18.7 Å². The van der Waals surface area contributed by atoms with Crippen LogP contribution in [-0.2, 0) is 9.47 Å². The highest BCUT2D eigenvalue weighted by atomic mass is 16.5. The lowest BCUT2D eigenvalue weighted by atomic mass is 10.2. The zero-order valence-corrected chi connectivity index (χ0v) is 13.5. The molecule has 19 heavy (non-hydrogen) atoms. The van der Waals surface area contributed by atoms with Gasteiger partial charge in [-0.15, -0.1) is 0 Å². The Hall–Kier alpha value is -0.120. The first-order valence-corrected chi connectivity index (χ1v) is 8.22. The summed E-state index contributed by atoms with van der Waals surface area (Å²) in [5, 5.41) is 0. The monoisotopic (exact) mass is 273 g/mol. The van der Waals surface area contributed by atoms with Gasteiger partial charge < -0.3 is 14.4 Å². The fourth-order valence-corrected chi connectivity index (χ4v) is 2.06. The molecular weight excluding hydrogens is 238 g/mol. The average molecular weight is 273 g/mol. The van der Waals surface area contributed by atoms with Gasteiger partial charge in [0.15, 0.2) is 0 Å². The Morgan fingerprint density at radius 1 is 0.632 bits per heavy atom. The van der Waals surface area contributed by atoms with Gasteiger partial charge in [0.05, 0.1) is 19.8 Å². The van der Waals surface area contributed by atoms with Gasteiger partial charge in [-0.1, -0.05) is 39.5 Å². The summed E-state index contributed by atoms with van der Waals surface area (Å²) >= 11 is 0. The third kappa shape index (κ3) is 14.1. The smallest absolute Gasteiger partial charge is 0.0701 e. The van der Waals surface area contributed by atoms with E-state index in [4.69, 9.17) is 9.47 Å². The van der Waals surface area contributed by atoms with Crippen LogP contribution in [0.2, 0.25) is 0 Å². The van der Waals surface area contributed by atoms with Gasteiger partial charge in [0.25, 0.3) is 0 Å². The topological polar surface area (TPSA) is 21.7 Å². The minimum absolute atomic E-state index is 0.724. The van der Waals surface area contributed by atoms with Gasteiger partial charge in [-0.2, -0.15) is 0 Å². The molecular formula is C16H35NO2. The van der Waals surface area contributed by atoms with E-state index in [1.54, 1.807) is 0 Å². The van der Waals surface area contributed by atoms with Crippen molar-refractivity contribution in [1.82, 2.24) is 4.90 Å². The number of hydrogen-bond acceptors (Lipinski definition) is 3. The molecule has 0 radical (unpaired) electrons. The van der Waals surface area contributed by atoms with Crippen LogP contribution < -0.4 is 0 Å². The van der Waals surface area contributed by atoms with Crippen molar-refractivity contribution < 1.29 is 9.47 Å². The van der Waals surface area contributed by atoms with Crippen LogP contribution in [0.1, 0.15) is 59.3 Å². The summed E-state index contributed by atoms with van der Waals surface area (Å²) in [6, 6.07) is 0. The Kier molecular flexibility index (Phi) is 15.8. The molecule has 0 aromatic rings. The summed E-state index contributed by atoms with van der Waals surface area (Å²) in [6.07, 6.45) is 7.93. The Bertz CT molecular complexity index is 155. The third-order valence-electron chi connectivity index (χ3n) is 3.28. The average Bonchev–Trinajstić information content (AvgIpc) is 2.42. The largest absolute Gasteiger partial charge is 0.379 e. The number of rotatable bonds is 15. The number of ether oxygens (including phenoxy) is 2. The van der Waals surface area contributed by atoms with Crippen molar-refractivity contribution in [3.63, 3.8) is 0 Å². The first kappa shape index (κ1) is 18.9. The molecule has 0 saturated heterocycles. The molecule has 0 aliphatic heterocycles. The summed E-state index contributed by atoms with van der Waals surface area (Å²) in [5.74, 6) is 0. The van der Waals surface area contributed by atoms with Crippen molar-refractivity contribution in [2.45, 2.75) is 59.3 Å². The molecule has 0 unspecified atom stereocenters. The fraction of sp³-hybridized carbons (Fsp3) is 1.00. The predicted molar refractivity (Wildman–Crippen MR) is 82.8 cm³/mol. The van der Waals surface area contributed by atoms with E-state index in [1.165, 1.54) is 51.6 Å². The number of unbranched alkanes of at least 4 members (excludes halogenated alkanes) is 4. The van der Waals surface area contributed by atoms with Crippen LogP contribution in [0.15, 0.2) is 0 Å². The van der Waals surface area contributed by atoms with Gasteiger partial charge in [0, 0.05) is 13.2 Å². The quantitative estimate of drug-likeness (QED) is 0.424. The SMILES string of the molecule is CCCCCN(CCCCC)CCOCCOCC. The minimum Gasteiger partial charge on any atom is -0.379 e. The zero-order chi connectivity index (χ0) is 14.2. The van der Waals surface area contributed by atoms with Crippen molar-refractivity contribution in [2.75, 3.05) is 46.1 Å². The summed E-state index contributed by atoms with van der Waals surface area (Å²) in [6.45, 7) is 13.1. The lowest BCUT2D eigenvalue weighted by Gasteiger charge is -2.22. The Morgan fingerprint density at radius 2 is 1.21 bits per heavy atom. The third-order valence-corrected chi connectivity index (χ3v) is 3.28. The van der Waals surface area contributed by atoms with Crippen molar-refractivity contribution in [1.29, 1.82) is 0 Å². The molecule has 0 aliphatic carbocycles. The molecule has 0 aliphatic rings. The van der Waals surface area contributed by atoms with Crippen LogP contribution in [0.25, 0.3) is 0 Å². The molecule has 0 fully saturated rings. The first-order chi connectivity index (χ1) is 9.35. The molecule has 0 rings (SSSR count). The normalized spacial score (nSPS) is 11.4. The first-order valence-electron chi connectivity index (χ1n) is 8.22. The van der Waals surface area contributed by atoms with E-state index >= 15 is 0 Å². The standard InChI is InChI=1S/C16H35NO2/c1-4-7-9-11-17(12-10-8-5-2)13-14-19-16-15-18-6-3/h4-16H2,1-3H3. The molecule has 3 nitrogen and oxygen atoms in total. The molecule has 0 aromatic heterocycles. The second-order valence-electron chi connectivity index (χ2n) is 5.07. The minimum atomic E-state index is 0.724. The maximum absolute atomic E-state index is 5.61. The van der Waals surface area contributed by atoms with Gasteiger partial charge in [-0.05, 0) is 32.9 Å². The van der Waals surface area contributed by atoms with Gasteiger partial charge in [0.1, 0.15) is 0 Å². The molecule has 0 spiro atoms. The van der Waals surface area contributed by atoms with E-state index in [0.29, 0.717) is 0 Å². The van der Waals surface area contributed by atoms with E-state index in [-0.39, 0.29) is 0 Å². The second-order valence-corrected chi connectivity index (χ2v) is 5.07. The molecule has 0 heterocycles. The highest BCUT2D eigenvalue weighted by Crippen LogP contribution is 2.02. The summed E-state index contributed by atoms with van der Waals surface area (Å²) in [4.78, 5) is 2.56. The molecule has 0 saturated carbocycles. The van der Waals surface area contributed by atoms with E-state index in [1.807, 2.05) is 6.92 Å². The van der Waals surface area contributed by atoms with E-state index in [0.717, 1.165) is 33.0 Å². The van der Waals surface area contributed by atoms with Crippen LogP contribution in [-0.4, -0.2) is 51.0 Å². The maximum Gasteiger partial charge on any atom is 0.0701 e. The summed E-state index contributed by atoms with van der Waals surface area (Å²) in [7, 11) is 0. The molecule has 0 bridgehead atoms. The lowest BCUT2D eigenvalue weighted by molar-refractivity contribution is 0.0424. The maximum atomic E-state index is 5.61. The van der Waals surface area contributed by atoms with Crippen LogP contribution in [0.4, 0.5) is 0 Å². The Labute approximate surface area is 120 Å². The molecule has 0 N–H and O–H groups in total. The van der Waals surface area contributed by atoms with Crippen LogP contribution >= 0.6 is 0 Å². The highest BCUT2D eigenvalue weighted by molar-refractivity contribution is 4.58. The van der Waals surface area contributed by atoms with Crippen molar-refractivity contribution in [3.05, 3.63) is 0 Å². The zero-order valence-electron chi connectivity index (χ0n) is 13.5. The van der Waals surface area contributed by atoms with Gasteiger partial charge in [-0.25, -0.2) is 0 Å². The van der Waals surface area contributed by atoms with Crippen molar-refractivity contribution in [2.24, 2.45) is 0 Å². The van der Waals surface area contributed by atoms with E-state index < -0.39 is 0 Å². The van der Waals surface area contributed by atoms with Gasteiger partial charge in [0.2, 0.25) is 0 Å². The number of nitrogens with zero attached hydrogens (tertiary/aromatic N) is 1. The van der Waals surface area contributed by atoms with Crippen molar-refractivity contribution in [3.8, 4) is 0 Å². The van der Waals surface area contributed by atoms with E-state index in [9.17, 15) is 0 Å². The van der Waals surface area contributed by atoms with Crippen LogP contribution in [0.5, 0.6) is 0 Å². The predicted octanol–water partition coefficient (Wildman–Crippen LogP) is 3.72. The number of hydrogen-bond donors (Lipinski definition) is 0. The lowest BCUT2D eigenvalue weighted by Crippen LogP contribution is -2.30. The molecule has 0 atom stereocenters. The molecule has 0 aromatic carbocycles. The highest BCUT2D eigenvalue weighted by Gasteiger charge is 2.04. The molecule has 116 valence electrons. The summed E-state index contributed by atoms with van der Waals surface area (Å²) in [5.41, 5.74) is 0. The Morgan fingerprint density at radius 3 is 1.74 bits per heavy atom. The fourth-order valence-electron chi connectivity index (χ4n) is 2.06. The summed E-state index contributed by atoms with van der Waals surface area (Å²) < 4.78 is 10.9.